The van der Waals surface area contributed by atoms with Gasteiger partial charge in [-0.15, -0.1) is 0 Å². The first-order valence-corrected chi connectivity index (χ1v) is 6.79. The Bertz CT molecular complexity index is 334. The molecule has 0 atom stereocenters. The Morgan fingerprint density at radius 2 is 1.88 bits per heavy atom. The van der Waals surface area contributed by atoms with Crippen molar-refractivity contribution in [3.8, 4) is 0 Å². The van der Waals surface area contributed by atoms with E-state index in [-0.39, 0.29) is 5.91 Å². The summed E-state index contributed by atoms with van der Waals surface area (Å²) < 4.78 is 0. The zero-order chi connectivity index (χ0) is 12.0. The van der Waals surface area contributed by atoms with Crippen molar-refractivity contribution in [2.24, 2.45) is 0 Å². The normalized spacial score (nSPS) is 10.2. The van der Waals surface area contributed by atoms with Crippen LogP contribution >= 0.6 is 15.9 Å². The van der Waals surface area contributed by atoms with Gasteiger partial charge in [0.05, 0.1) is 0 Å². The van der Waals surface area contributed by atoms with Gasteiger partial charge < -0.3 is 4.90 Å². The van der Waals surface area contributed by atoms with Gasteiger partial charge in [-0.1, -0.05) is 35.0 Å². The maximum absolute atomic E-state index is 12.1. The summed E-state index contributed by atoms with van der Waals surface area (Å²) >= 11 is 3.36. The number of rotatable bonds is 5. The fourth-order valence-electron chi connectivity index (χ4n) is 1.57. The molecule has 88 valence electrons. The molecule has 1 aromatic rings. The Labute approximate surface area is 106 Å². The third-order valence-electron chi connectivity index (χ3n) is 2.63. The maximum Gasteiger partial charge on any atom is 0.253 e. The predicted molar refractivity (Wildman–Crippen MR) is 71.2 cm³/mol. The van der Waals surface area contributed by atoms with E-state index in [0.717, 1.165) is 30.4 Å². The summed E-state index contributed by atoms with van der Waals surface area (Å²) in [6, 6.07) is 7.88. The second-order valence-corrected chi connectivity index (χ2v) is 4.42. The molecule has 3 heteroatoms. The molecule has 1 amide bonds. The number of alkyl halides is 1. The van der Waals surface area contributed by atoms with Crippen molar-refractivity contribution in [1.82, 2.24) is 4.90 Å². The Morgan fingerprint density at radius 3 is 2.31 bits per heavy atom. The lowest BCUT2D eigenvalue weighted by molar-refractivity contribution is 0.0775. The molecule has 0 N–H and O–H groups in total. The van der Waals surface area contributed by atoms with Crippen molar-refractivity contribution >= 4 is 21.8 Å². The third kappa shape index (κ3) is 3.34. The minimum absolute atomic E-state index is 0.115. The second kappa shape index (κ2) is 6.69. The summed E-state index contributed by atoms with van der Waals surface area (Å²) in [5.41, 5.74) is 2.04. The Hall–Kier alpha value is -0.830. The lowest BCUT2D eigenvalue weighted by Crippen LogP contribution is -2.32. The zero-order valence-corrected chi connectivity index (χ0v) is 11.5. The highest BCUT2D eigenvalue weighted by Gasteiger charge is 2.12. The van der Waals surface area contributed by atoms with Crippen LogP contribution in [0.15, 0.2) is 24.3 Å². The molecule has 0 bridgehead atoms. The van der Waals surface area contributed by atoms with Crippen LogP contribution in [-0.2, 0) is 6.42 Å². The van der Waals surface area contributed by atoms with E-state index in [9.17, 15) is 4.79 Å². The predicted octanol–water partition coefficient (Wildman–Crippen LogP) is 3.11. The van der Waals surface area contributed by atoms with Gasteiger partial charge in [-0.05, 0) is 31.0 Å². The molecule has 1 aromatic carbocycles. The fourth-order valence-corrected chi connectivity index (χ4v) is 2.00. The molecule has 0 spiro atoms. The molecule has 0 aliphatic carbocycles. The highest BCUT2D eigenvalue weighted by molar-refractivity contribution is 9.09. The molecule has 0 fully saturated rings. The number of benzene rings is 1. The second-order valence-electron chi connectivity index (χ2n) is 3.62. The third-order valence-corrected chi connectivity index (χ3v) is 2.99. The quantitative estimate of drug-likeness (QED) is 0.761. The van der Waals surface area contributed by atoms with Crippen molar-refractivity contribution in [1.29, 1.82) is 0 Å². The van der Waals surface area contributed by atoms with Gasteiger partial charge >= 0.3 is 0 Å². The van der Waals surface area contributed by atoms with Gasteiger partial charge in [-0.3, -0.25) is 4.79 Å². The molecule has 2 nitrogen and oxygen atoms in total. The van der Waals surface area contributed by atoms with Crippen LogP contribution in [0.25, 0.3) is 0 Å². The van der Waals surface area contributed by atoms with Crippen LogP contribution in [0.3, 0.4) is 0 Å². The monoisotopic (exact) mass is 283 g/mol. The van der Waals surface area contributed by atoms with Crippen LogP contribution in [0, 0.1) is 0 Å². The fraction of sp³-hybridized carbons (Fsp3) is 0.462. The number of carbonyl (C=O) groups excluding carboxylic acids is 1. The van der Waals surface area contributed by atoms with E-state index >= 15 is 0 Å². The Balaban J connectivity index is 2.78. The molecule has 0 aliphatic rings. The number of hydrogen-bond acceptors (Lipinski definition) is 1. The van der Waals surface area contributed by atoms with Crippen LogP contribution in [0.5, 0.6) is 0 Å². The summed E-state index contributed by atoms with van der Waals surface area (Å²) in [4.78, 5) is 13.9. The molecule has 0 radical (unpaired) electrons. The largest absolute Gasteiger partial charge is 0.338 e. The summed E-state index contributed by atoms with van der Waals surface area (Å²) in [7, 11) is 0. The SMILES string of the molecule is CCc1ccc(C(=O)N(CC)CCBr)cc1. The van der Waals surface area contributed by atoms with Gasteiger partial charge in [0, 0.05) is 24.0 Å². The molecule has 0 aromatic heterocycles. The molecule has 0 saturated heterocycles. The average molecular weight is 284 g/mol. The van der Waals surface area contributed by atoms with Crippen LogP contribution in [-0.4, -0.2) is 29.2 Å². The Kier molecular flexibility index (Phi) is 5.53. The van der Waals surface area contributed by atoms with E-state index in [1.54, 1.807) is 0 Å². The van der Waals surface area contributed by atoms with Crippen molar-refractivity contribution in [2.75, 3.05) is 18.4 Å². The standard InChI is InChI=1S/C13H18BrNO/c1-3-11-5-7-12(8-6-11)13(16)15(4-2)10-9-14/h5-8H,3-4,9-10H2,1-2H3. The van der Waals surface area contributed by atoms with Crippen molar-refractivity contribution < 1.29 is 4.79 Å². The van der Waals surface area contributed by atoms with Gasteiger partial charge in [0.1, 0.15) is 0 Å². The molecule has 0 saturated carbocycles. The molecule has 0 heterocycles. The van der Waals surface area contributed by atoms with E-state index in [4.69, 9.17) is 0 Å². The summed E-state index contributed by atoms with van der Waals surface area (Å²) in [5, 5.41) is 0.819. The first-order chi connectivity index (χ1) is 7.72. The number of aryl methyl sites for hydroxylation is 1. The maximum atomic E-state index is 12.1. The molecular weight excluding hydrogens is 266 g/mol. The van der Waals surface area contributed by atoms with Crippen LogP contribution in [0.2, 0.25) is 0 Å². The number of carbonyl (C=O) groups is 1. The minimum atomic E-state index is 0.115. The summed E-state index contributed by atoms with van der Waals surface area (Å²) in [6.45, 7) is 5.62. The number of amides is 1. The van der Waals surface area contributed by atoms with Gasteiger partial charge in [0.25, 0.3) is 5.91 Å². The lowest BCUT2D eigenvalue weighted by atomic mass is 10.1. The van der Waals surface area contributed by atoms with E-state index in [2.05, 4.69) is 22.9 Å². The van der Waals surface area contributed by atoms with Crippen molar-refractivity contribution in [2.45, 2.75) is 20.3 Å². The highest BCUT2D eigenvalue weighted by Crippen LogP contribution is 2.08. The minimum Gasteiger partial charge on any atom is -0.338 e. The number of nitrogens with zero attached hydrogens (tertiary/aromatic N) is 1. The van der Waals surface area contributed by atoms with E-state index in [1.165, 1.54) is 5.56 Å². The molecule has 1 rings (SSSR count). The smallest absolute Gasteiger partial charge is 0.253 e. The van der Waals surface area contributed by atoms with Crippen LogP contribution in [0.4, 0.5) is 0 Å². The van der Waals surface area contributed by atoms with E-state index in [1.807, 2.05) is 36.1 Å². The van der Waals surface area contributed by atoms with Crippen LogP contribution < -0.4 is 0 Å². The molecule has 0 aliphatic heterocycles. The first kappa shape index (κ1) is 13.2. The van der Waals surface area contributed by atoms with Crippen molar-refractivity contribution in [3.63, 3.8) is 0 Å². The van der Waals surface area contributed by atoms with Gasteiger partial charge in [-0.25, -0.2) is 0 Å². The van der Waals surface area contributed by atoms with Gasteiger partial charge in [0.2, 0.25) is 0 Å². The van der Waals surface area contributed by atoms with Gasteiger partial charge in [-0.2, -0.15) is 0 Å². The molecular formula is C13H18BrNO. The van der Waals surface area contributed by atoms with Crippen LogP contribution in [0.1, 0.15) is 29.8 Å². The molecule has 0 unspecified atom stereocenters. The van der Waals surface area contributed by atoms with E-state index < -0.39 is 0 Å². The van der Waals surface area contributed by atoms with Crippen molar-refractivity contribution in [3.05, 3.63) is 35.4 Å². The summed E-state index contributed by atoms with van der Waals surface area (Å²) in [6.07, 6.45) is 1.01. The average Bonchev–Trinajstić information content (AvgIpc) is 2.35. The molecule has 16 heavy (non-hydrogen) atoms. The number of hydrogen-bond donors (Lipinski definition) is 0. The van der Waals surface area contributed by atoms with Gasteiger partial charge in [0.15, 0.2) is 0 Å². The lowest BCUT2D eigenvalue weighted by Gasteiger charge is -2.19. The number of halogens is 1. The zero-order valence-electron chi connectivity index (χ0n) is 9.87. The highest BCUT2D eigenvalue weighted by atomic mass is 79.9. The Morgan fingerprint density at radius 1 is 1.25 bits per heavy atom. The first-order valence-electron chi connectivity index (χ1n) is 5.67. The summed E-state index contributed by atoms with van der Waals surface area (Å²) in [5.74, 6) is 0.115. The topological polar surface area (TPSA) is 20.3 Å². The van der Waals surface area contributed by atoms with E-state index in [0.29, 0.717) is 0 Å².